The quantitative estimate of drug-likeness (QED) is 0.815. The monoisotopic (exact) mass is 224 g/mol. The predicted octanol–water partition coefficient (Wildman–Crippen LogP) is 1.66. The van der Waals surface area contributed by atoms with E-state index in [-0.39, 0.29) is 12.4 Å². The Labute approximate surface area is 94.3 Å². The van der Waals surface area contributed by atoms with Gasteiger partial charge < -0.3 is 5.73 Å². The van der Waals surface area contributed by atoms with Gasteiger partial charge in [0, 0.05) is 12.1 Å². The zero-order valence-electron chi connectivity index (χ0n) is 8.40. The number of nitrogens with zero attached hydrogens (tertiary/aromatic N) is 2. The van der Waals surface area contributed by atoms with Gasteiger partial charge in [-0.3, -0.25) is 5.10 Å². The Kier molecular flexibility index (Phi) is 3.82. The summed E-state index contributed by atoms with van der Waals surface area (Å²) in [5.74, 6) is 1.55. The lowest BCUT2D eigenvalue weighted by molar-refractivity contribution is 1.04. The molecule has 0 aliphatic rings. The molecule has 0 aliphatic carbocycles. The average molecular weight is 225 g/mol. The lowest BCUT2D eigenvalue weighted by Gasteiger charge is -1.97. The molecule has 0 aliphatic heterocycles. The van der Waals surface area contributed by atoms with Gasteiger partial charge in [-0.25, -0.2) is 4.98 Å². The predicted molar refractivity (Wildman–Crippen MR) is 61.7 cm³/mol. The van der Waals surface area contributed by atoms with Crippen molar-refractivity contribution >= 4 is 12.4 Å². The summed E-state index contributed by atoms with van der Waals surface area (Å²) in [4.78, 5) is 4.24. The van der Waals surface area contributed by atoms with Crippen LogP contribution in [0, 0.1) is 6.92 Å². The Morgan fingerprint density at radius 1 is 1.27 bits per heavy atom. The topological polar surface area (TPSA) is 67.6 Å². The third-order valence-corrected chi connectivity index (χ3v) is 2.05. The molecule has 0 amide bonds. The molecule has 0 unspecified atom stereocenters. The van der Waals surface area contributed by atoms with E-state index in [9.17, 15) is 0 Å². The first-order valence-electron chi connectivity index (χ1n) is 4.48. The van der Waals surface area contributed by atoms with Gasteiger partial charge in [-0.1, -0.05) is 24.3 Å². The number of hydrogen-bond donors (Lipinski definition) is 2. The van der Waals surface area contributed by atoms with Crippen LogP contribution in [0.4, 0.5) is 0 Å². The van der Waals surface area contributed by atoms with Crippen LogP contribution in [-0.4, -0.2) is 15.2 Å². The molecule has 0 saturated carbocycles. The van der Waals surface area contributed by atoms with Crippen molar-refractivity contribution in [3.05, 3.63) is 35.7 Å². The molecule has 2 aromatic rings. The molecule has 0 bridgehead atoms. The first-order valence-corrected chi connectivity index (χ1v) is 4.48. The van der Waals surface area contributed by atoms with Gasteiger partial charge in [0.2, 0.25) is 0 Å². The number of nitrogens with two attached hydrogens (primary N) is 1. The Bertz CT molecular complexity index is 421. The summed E-state index contributed by atoms with van der Waals surface area (Å²) in [5, 5.41) is 6.88. The van der Waals surface area contributed by atoms with E-state index in [2.05, 4.69) is 15.2 Å². The van der Waals surface area contributed by atoms with Crippen molar-refractivity contribution < 1.29 is 0 Å². The van der Waals surface area contributed by atoms with Crippen molar-refractivity contribution in [2.45, 2.75) is 13.5 Å². The van der Waals surface area contributed by atoms with E-state index in [0.29, 0.717) is 6.54 Å². The van der Waals surface area contributed by atoms with Crippen molar-refractivity contribution in [1.82, 2.24) is 15.2 Å². The minimum absolute atomic E-state index is 0. The lowest BCUT2D eigenvalue weighted by Crippen LogP contribution is -1.95. The van der Waals surface area contributed by atoms with Crippen LogP contribution in [0.15, 0.2) is 24.3 Å². The van der Waals surface area contributed by atoms with E-state index in [0.717, 1.165) is 22.8 Å². The largest absolute Gasteiger partial charge is 0.326 e. The van der Waals surface area contributed by atoms with E-state index >= 15 is 0 Å². The van der Waals surface area contributed by atoms with Gasteiger partial charge in [0.15, 0.2) is 5.82 Å². The highest BCUT2D eigenvalue weighted by molar-refractivity contribution is 5.85. The van der Waals surface area contributed by atoms with Gasteiger partial charge in [0.25, 0.3) is 0 Å². The number of aromatic amines is 1. The van der Waals surface area contributed by atoms with Crippen LogP contribution in [0.3, 0.4) is 0 Å². The maximum Gasteiger partial charge on any atom is 0.181 e. The Balaban J connectivity index is 0.00000112. The molecule has 0 saturated heterocycles. The third-order valence-electron chi connectivity index (χ3n) is 2.05. The van der Waals surface area contributed by atoms with Crippen LogP contribution in [-0.2, 0) is 6.54 Å². The van der Waals surface area contributed by atoms with Gasteiger partial charge in [0.1, 0.15) is 5.82 Å². The zero-order chi connectivity index (χ0) is 9.97. The zero-order valence-corrected chi connectivity index (χ0v) is 9.21. The highest BCUT2D eigenvalue weighted by atomic mass is 35.5. The Hall–Kier alpha value is -1.39. The van der Waals surface area contributed by atoms with Crippen LogP contribution in [0.2, 0.25) is 0 Å². The van der Waals surface area contributed by atoms with Gasteiger partial charge in [-0.2, -0.15) is 5.10 Å². The first kappa shape index (κ1) is 11.7. The molecule has 3 N–H and O–H groups in total. The Morgan fingerprint density at radius 3 is 2.40 bits per heavy atom. The van der Waals surface area contributed by atoms with Crippen molar-refractivity contribution in [3.63, 3.8) is 0 Å². The molecule has 0 atom stereocenters. The summed E-state index contributed by atoms with van der Waals surface area (Å²) in [6, 6.07) is 7.93. The van der Waals surface area contributed by atoms with Crippen LogP contribution in [0.25, 0.3) is 11.4 Å². The molecule has 0 spiro atoms. The molecule has 15 heavy (non-hydrogen) atoms. The number of H-pyrrole nitrogens is 1. The number of aromatic nitrogens is 3. The van der Waals surface area contributed by atoms with E-state index < -0.39 is 0 Å². The number of halogens is 1. The van der Waals surface area contributed by atoms with Crippen molar-refractivity contribution in [2.24, 2.45) is 5.73 Å². The Morgan fingerprint density at radius 2 is 1.93 bits per heavy atom. The number of aryl methyl sites for hydroxylation is 1. The second-order valence-electron chi connectivity index (χ2n) is 3.15. The molecule has 4 nitrogen and oxygen atoms in total. The third kappa shape index (κ3) is 2.55. The van der Waals surface area contributed by atoms with E-state index in [1.807, 2.05) is 31.2 Å². The van der Waals surface area contributed by atoms with E-state index in [4.69, 9.17) is 5.73 Å². The van der Waals surface area contributed by atoms with Gasteiger partial charge in [-0.15, -0.1) is 12.4 Å². The summed E-state index contributed by atoms with van der Waals surface area (Å²) in [7, 11) is 0. The summed E-state index contributed by atoms with van der Waals surface area (Å²) in [6.07, 6.45) is 0. The van der Waals surface area contributed by atoms with Crippen LogP contribution in [0.1, 0.15) is 11.4 Å². The van der Waals surface area contributed by atoms with Gasteiger partial charge in [-0.05, 0) is 12.5 Å². The van der Waals surface area contributed by atoms with Crippen molar-refractivity contribution in [1.29, 1.82) is 0 Å². The highest BCUT2D eigenvalue weighted by Gasteiger charge is 2.02. The maximum atomic E-state index is 5.51. The molecule has 80 valence electrons. The molecule has 1 aromatic carbocycles. The fraction of sp³-hybridized carbons (Fsp3) is 0.200. The first-order chi connectivity index (χ1) is 6.79. The highest BCUT2D eigenvalue weighted by Crippen LogP contribution is 2.14. The van der Waals surface area contributed by atoms with Gasteiger partial charge in [0.05, 0.1) is 0 Å². The second kappa shape index (κ2) is 4.91. The van der Waals surface area contributed by atoms with Crippen LogP contribution in [0.5, 0.6) is 0 Å². The number of rotatable bonds is 2. The fourth-order valence-corrected chi connectivity index (χ4v) is 1.26. The SMILES string of the molecule is Cc1nc(-c2ccc(CN)cc2)n[nH]1.Cl. The van der Waals surface area contributed by atoms with E-state index in [1.165, 1.54) is 0 Å². The molecular formula is C10H13ClN4. The molecule has 1 heterocycles. The fourth-order valence-electron chi connectivity index (χ4n) is 1.26. The van der Waals surface area contributed by atoms with E-state index in [1.54, 1.807) is 0 Å². The van der Waals surface area contributed by atoms with Gasteiger partial charge >= 0.3 is 0 Å². The van der Waals surface area contributed by atoms with Crippen molar-refractivity contribution in [2.75, 3.05) is 0 Å². The maximum absolute atomic E-state index is 5.51. The molecule has 5 heteroatoms. The van der Waals surface area contributed by atoms with Crippen LogP contribution < -0.4 is 5.73 Å². The minimum atomic E-state index is 0. The molecule has 1 aromatic heterocycles. The normalized spacial score (nSPS) is 9.73. The molecule has 0 fully saturated rings. The van der Waals surface area contributed by atoms with Crippen molar-refractivity contribution in [3.8, 4) is 11.4 Å². The molecular weight excluding hydrogens is 212 g/mol. The molecule has 0 radical (unpaired) electrons. The lowest BCUT2D eigenvalue weighted by atomic mass is 10.1. The standard InChI is InChI=1S/C10H12N4.ClH/c1-7-12-10(14-13-7)9-4-2-8(6-11)3-5-9;/h2-5H,6,11H2,1H3,(H,12,13,14);1H. The number of benzene rings is 1. The smallest absolute Gasteiger partial charge is 0.181 e. The number of hydrogen-bond acceptors (Lipinski definition) is 3. The van der Waals surface area contributed by atoms with Crippen LogP contribution >= 0.6 is 12.4 Å². The summed E-state index contributed by atoms with van der Waals surface area (Å²) in [6.45, 7) is 2.44. The average Bonchev–Trinajstić information content (AvgIpc) is 2.65. The summed E-state index contributed by atoms with van der Waals surface area (Å²) in [5.41, 5.74) is 7.62. The second-order valence-corrected chi connectivity index (χ2v) is 3.15. The summed E-state index contributed by atoms with van der Waals surface area (Å²) < 4.78 is 0. The number of nitrogens with one attached hydrogen (secondary N) is 1. The molecule has 2 rings (SSSR count). The summed E-state index contributed by atoms with van der Waals surface area (Å²) >= 11 is 0. The minimum Gasteiger partial charge on any atom is -0.326 e.